The van der Waals surface area contributed by atoms with Crippen molar-refractivity contribution in [2.75, 3.05) is 14.1 Å². The van der Waals surface area contributed by atoms with E-state index in [1.807, 2.05) is 0 Å². The highest BCUT2D eigenvalue weighted by molar-refractivity contribution is 5.71. The number of hydrogen-bond donors (Lipinski definition) is 17. The van der Waals surface area contributed by atoms with Crippen molar-refractivity contribution in [3.8, 4) is 0 Å². The van der Waals surface area contributed by atoms with Gasteiger partial charge in [-0.25, -0.2) is 0 Å². The highest BCUT2D eigenvalue weighted by atomic mass is 16.7. The van der Waals surface area contributed by atoms with Gasteiger partial charge in [0.15, 0.2) is 12.1 Å². The Labute approximate surface area is 573 Å². The summed E-state index contributed by atoms with van der Waals surface area (Å²) in [5.41, 5.74) is 0.999. The number of esters is 1. The van der Waals surface area contributed by atoms with Gasteiger partial charge in [-0.2, -0.15) is 0 Å². The summed E-state index contributed by atoms with van der Waals surface area (Å²) in [6.07, 6.45) is -7.60. The zero-order valence-corrected chi connectivity index (χ0v) is 60.1. The smallest absolute Gasteiger partial charge is 0.311 e. The van der Waals surface area contributed by atoms with Gasteiger partial charge < -0.3 is 111 Å². The fourth-order valence-corrected chi connectivity index (χ4v) is 13.6. The van der Waals surface area contributed by atoms with Crippen LogP contribution in [0.2, 0.25) is 0 Å². The number of carbonyl (C=O) groups excluding carboxylic acids is 1. The van der Waals surface area contributed by atoms with Crippen molar-refractivity contribution in [2.45, 2.75) is 351 Å². The van der Waals surface area contributed by atoms with Crippen LogP contribution in [0.4, 0.5) is 0 Å². The molecule has 0 spiro atoms. The Morgan fingerprint density at radius 2 is 1.19 bits per heavy atom. The Morgan fingerprint density at radius 1 is 0.604 bits per heavy atom. The van der Waals surface area contributed by atoms with E-state index in [9.17, 15) is 91.6 Å². The van der Waals surface area contributed by atoms with Crippen molar-refractivity contribution in [2.24, 2.45) is 41.4 Å². The zero-order chi connectivity index (χ0) is 72.5. The number of unbranched alkanes of at least 4 members (excludes halogenated alkanes) is 1. The van der Waals surface area contributed by atoms with Crippen LogP contribution in [0.25, 0.3) is 0 Å². The second-order valence-corrected chi connectivity index (χ2v) is 30.0. The fourth-order valence-electron chi connectivity index (χ4n) is 13.6. The van der Waals surface area contributed by atoms with E-state index in [1.54, 1.807) is 106 Å². The first kappa shape index (κ1) is 87.8. The molecule has 2 fully saturated rings. The van der Waals surface area contributed by atoms with Gasteiger partial charge in [-0.3, -0.25) is 4.79 Å². The average Bonchev–Trinajstić information content (AvgIpc) is 0.771. The Hall–Kier alpha value is -2.41. The Balaban J connectivity index is 1.86. The molecular weight excluding hydrogens is 1240 g/mol. The van der Waals surface area contributed by atoms with Crippen molar-refractivity contribution >= 4 is 5.97 Å². The van der Waals surface area contributed by atoms with Crippen molar-refractivity contribution in [3.05, 3.63) is 47.6 Å². The summed E-state index contributed by atoms with van der Waals surface area (Å²) < 4.78 is 24.5. The molecule has 96 heavy (non-hydrogen) atoms. The molecule has 23 nitrogen and oxygen atoms in total. The zero-order valence-electron chi connectivity index (χ0n) is 60.1. The molecule has 17 N–H and O–H groups in total. The Kier molecular flexibility index (Phi) is 39.8. The Bertz CT molecular complexity index is 2270. The van der Waals surface area contributed by atoms with Crippen LogP contribution in [0.3, 0.4) is 0 Å². The second-order valence-electron chi connectivity index (χ2n) is 30.0. The van der Waals surface area contributed by atoms with Gasteiger partial charge in [0.2, 0.25) is 0 Å². The quantitative estimate of drug-likeness (QED) is 0.0903. The van der Waals surface area contributed by atoms with Crippen molar-refractivity contribution in [1.29, 1.82) is 0 Å². The van der Waals surface area contributed by atoms with Crippen LogP contribution in [-0.2, 0) is 23.7 Å². The molecular formula is C73H133NO22. The maximum atomic E-state index is 13.7. The molecule has 0 radical (unpaired) electrons. The maximum Gasteiger partial charge on any atom is 0.311 e. The molecule has 3 aliphatic heterocycles. The SMILES string of the molecule is CC1=CC(CCCCC(C)C)C(O)C(O)CCC(O)CC(O)CC(O)C(C)CCC(O)C(C)C(O)CCCC(O)CC(O)C=CC(C)OC(=O)CC2(O)OC(CC(O[C@@H]3O[C@H](C)[C@@H](O)[C@H](N(C)C)[C@H]3O)C2C)C(C)C(O)C(C)=CC=CCC(O)C(C)C(O)CCCC(O)CC1O. The van der Waals surface area contributed by atoms with Gasteiger partial charge in [0.1, 0.15) is 12.2 Å². The van der Waals surface area contributed by atoms with E-state index in [4.69, 9.17) is 18.9 Å². The first-order chi connectivity index (χ1) is 44.9. The third-order valence-corrected chi connectivity index (χ3v) is 20.9. The highest BCUT2D eigenvalue weighted by Crippen LogP contribution is 2.42. The molecule has 562 valence electrons. The topological polar surface area (TPSA) is 401 Å². The van der Waals surface area contributed by atoms with Crippen LogP contribution in [0.15, 0.2) is 47.6 Å². The molecule has 24 unspecified atom stereocenters. The summed E-state index contributed by atoms with van der Waals surface area (Å²) in [4.78, 5) is 15.4. The number of ether oxygens (including phenoxy) is 4. The van der Waals surface area contributed by atoms with Crippen LogP contribution >= 0.6 is 0 Å². The van der Waals surface area contributed by atoms with E-state index in [0.717, 1.165) is 19.3 Å². The van der Waals surface area contributed by atoms with Gasteiger partial charge in [0.05, 0.1) is 122 Å². The van der Waals surface area contributed by atoms with Crippen molar-refractivity contribution in [3.63, 3.8) is 0 Å². The van der Waals surface area contributed by atoms with E-state index < -0.39 is 182 Å². The minimum absolute atomic E-state index is 0.00941. The standard InChI is InChI=1S/C73H133NO22/c1-41(2)20-14-16-22-51-34-44(5)63(86)37-53(76)24-19-27-58(81)46(7)57(80)25-17-15-21-43(4)68(88)48(9)64-39-65(95-72-71(91)67(74(12)13)69(89)50(11)94-72)49(10)73(92,96-64)40-66(87)93-45(6)29-30-54(77)35-52(75)23-18-26-59(82)47(8)60(83)32-28-42(3)62(85)38-56(79)36-55(78)31-33-61(84)70(51)90/h15,17,21,29-30,34,41-42,45-65,67-72,75-86,88-92H,14,16,18-20,22-28,31-33,35-40H2,1-13H3/t42?,45?,46?,47?,48?,49?,50-,51?,52?,53?,54?,55?,56?,57?,58?,59?,60?,61?,62?,63?,64?,65?,67+,68?,69-,70?,71-,72+,73?/m1/s1. The average molecular weight is 1380 g/mol. The van der Waals surface area contributed by atoms with Crippen LogP contribution in [0.5, 0.6) is 0 Å². The summed E-state index contributed by atoms with van der Waals surface area (Å²) in [5, 5.41) is 191. The molecule has 0 saturated carbocycles. The molecule has 0 aliphatic carbocycles. The molecule has 0 amide bonds. The number of rotatable bonds is 8. The molecule has 0 aromatic heterocycles. The number of aliphatic hydroxyl groups is 17. The van der Waals surface area contributed by atoms with Crippen molar-refractivity contribution < 1.29 is 111 Å². The molecule has 23 heteroatoms. The first-order valence-corrected chi connectivity index (χ1v) is 36.0. The lowest BCUT2D eigenvalue weighted by Crippen LogP contribution is -2.64. The fraction of sp³-hybridized carbons (Fsp3) is 0.877. The molecule has 2 saturated heterocycles. The normalized spacial score (nSPS) is 42.7. The van der Waals surface area contributed by atoms with Crippen LogP contribution < -0.4 is 0 Å². The van der Waals surface area contributed by atoms with E-state index in [-0.39, 0.29) is 89.4 Å². The minimum Gasteiger partial charge on any atom is -0.458 e. The van der Waals surface area contributed by atoms with E-state index >= 15 is 0 Å². The van der Waals surface area contributed by atoms with Crippen LogP contribution in [-0.4, -0.2) is 252 Å². The third kappa shape index (κ3) is 29.9. The molecule has 3 heterocycles. The number of fused-ring (bicyclic) bond motifs is 2. The van der Waals surface area contributed by atoms with E-state index in [1.165, 1.54) is 12.2 Å². The van der Waals surface area contributed by atoms with Gasteiger partial charge in [-0.1, -0.05) is 98.1 Å². The molecule has 0 aromatic rings. The maximum absolute atomic E-state index is 13.7. The lowest BCUT2D eigenvalue weighted by Gasteiger charge is -2.50. The van der Waals surface area contributed by atoms with Gasteiger partial charge >= 0.3 is 5.97 Å². The summed E-state index contributed by atoms with van der Waals surface area (Å²) >= 11 is 0. The molecule has 29 atom stereocenters. The van der Waals surface area contributed by atoms with Crippen LogP contribution in [0.1, 0.15) is 211 Å². The number of aliphatic hydroxyl groups excluding tert-OH is 16. The van der Waals surface area contributed by atoms with Crippen molar-refractivity contribution in [1.82, 2.24) is 4.90 Å². The highest BCUT2D eigenvalue weighted by Gasteiger charge is 2.53. The number of cyclic esters (lactones) is 1. The largest absolute Gasteiger partial charge is 0.458 e. The summed E-state index contributed by atoms with van der Waals surface area (Å²) in [7, 11) is 3.40. The molecule has 3 rings (SSSR count). The number of hydrogen-bond acceptors (Lipinski definition) is 23. The number of likely N-dealkylation sites (N-methyl/N-ethyl adjacent to an activating group) is 1. The number of carbonyl (C=O) groups is 1. The van der Waals surface area contributed by atoms with Gasteiger partial charge in [0.25, 0.3) is 0 Å². The van der Waals surface area contributed by atoms with Crippen LogP contribution in [0, 0.1) is 41.4 Å². The third-order valence-electron chi connectivity index (χ3n) is 20.9. The molecule has 3 aliphatic rings. The predicted octanol–water partition coefficient (Wildman–Crippen LogP) is 4.50. The van der Waals surface area contributed by atoms with E-state index in [0.29, 0.717) is 42.7 Å². The monoisotopic (exact) mass is 1380 g/mol. The predicted molar refractivity (Wildman–Crippen MR) is 365 cm³/mol. The van der Waals surface area contributed by atoms with E-state index in [2.05, 4.69) is 13.8 Å². The number of allylic oxidation sites excluding steroid dienone is 2. The second kappa shape index (κ2) is 43.5. The van der Waals surface area contributed by atoms with Gasteiger partial charge in [-0.05, 0) is 161 Å². The molecule has 0 aromatic carbocycles. The lowest BCUT2D eigenvalue weighted by molar-refractivity contribution is -0.351. The molecule has 2 bridgehead atoms. The van der Waals surface area contributed by atoms with Gasteiger partial charge in [-0.15, -0.1) is 0 Å². The minimum atomic E-state index is -2.26. The number of nitrogens with zero attached hydrogens (tertiary/aromatic N) is 1. The summed E-state index contributed by atoms with van der Waals surface area (Å²) in [6, 6.07) is -0.781. The van der Waals surface area contributed by atoms with Gasteiger partial charge in [0, 0.05) is 48.9 Å². The summed E-state index contributed by atoms with van der Waals surface area (Å²) in [5.74, 6) is -6.42. The lowest BCUT2D eigenvalue weighted by atomic mass is 9.80. The Morgan fingerprint density at radius 3 is 1.80 bits per heavy atom. The summed E-state index contributed by atoms with van der Waals surface area (Å²) in [6.45, 7) is 19.4. The first-order valence-electron chi connectivity index (χ1n) is 36.0.